The molecule has 2 fully saturated rings. The average Bonchev–Trinajstić information content (AvgIpc) is 3.58. The maximum Gasteiger partial charge on any atom is 0.337 e. The van der Waals surface area contributed by atoms with Gasteiger partial charge in [0.15, 0.2) is 17.5 Å². The highest BCUT2D eigenvalue weighted by atomic mass is 16.5. The van der Waals surface area contributed by atoms with E-state index < -0.39 is 17.7 Å². The number of nitrogens with one attached hydrogen (secondary N) is 1. The molecule has 58 heavy (non-hydrogen) atoms. The number of aliphatic carboxylic acids is 1. The van der Waals surface area contributed by atoms with Crippen molar-refractivity contribution >= 4 is 45.4 Å². The number of anilines is 3. The fraction of sp³-hybridized carbons (Fsp3) is 0.522. The lowest BCUT2D eigenvalue weighted by molar-refractivity contribution is -0.160. The molecule has 0 aliphatic carbocycles. The number of carboxylic acids is 1. The number of carboxylic acid groups (broad SMARTS) is 1. The van der Waals surface area contributed by atoms with E-state index in [1.165, 1.54) is 11.1 Å². The predicted molar refractivity (Wildman–Crippen MR) is 232 cm³/mol. The molecule has 3 aromatic heterocycles. The van der Waals surface area contributed by atoms with Crippen LogP contribution in [0, 0.1) is 12.3 Å². The number of furan rings is 1. The Kier molecular flexibility index (Phi) is 11.1. The number of benzene rings is 2. The summed E-state index contributed by atoms with van der Waals surface area (Å²) in [5.74, 6) is 0.594. The van der Waals surface area contributed by atoms with Crippen molar-refractivity contribution < 1.29 is 19.1 Å². The Morgan fingerprint density at radius 1 is 0.983 bits per heavy atom. The third-order valence-corrected chi connectivity index (χ3v) is 12.3. The fourth-order valence-electron chi connectivity index (χ4n) is 8.87. The first-order valence-electron chi connectivity index (χ1n) is 21.1. The Labute approximate surface area is 342 Å². The minimum Gasteiger partial charge on any atom is -0.479 e. The van der Waals surface area contributed by atoms with Crippen molar-refractivity contribution in [1.82, 2.24) is 24.8 Å². The number of piperidine rings is 1. The number of fused-ring (bicyclic) bond motifs is 4. The summed E-state index contributed by atoms with van der Waals surface area (Å²) in [4.78, 5) is 37.4. The van der Waals surface area contributed by atoms with E-state index in [-0.39, 0.29) is 5.41 Å². The third kappa shape index (κ3) is 8.37. The molecule has 0 unspecified atom stereocenters. The van der Waals surface area contributed by atoms with Crippen molar-refractivity contribution in [2.24, 2.45) is 5.41 Å². The zero-order valence-corrected chi connectivity index (χ0v) is 35.4. The Morgan fingerprint density at radius 2 is 1.74 bits per heavy atom. The summed E-state index contributed by atoms with van der Waals surface area (Å²) in [5.41, 5.74) is 8.58. The highest BCUT2D eigenvalue weighted by Gasteiger charge is 2.37. The SMILES string of the molecule is Cc1nc(NCCCN2CCN(C)CC2)c(-c2ccc3c(c2)CCN(c2ncnc4c2oc2ccccc24)C3)c(N2CCC(C)(C)CC2)c1[C@H](OC(C)(C)C)C(=O)O. The number of nitrogens with zero attached hydrogens (tertiary/aromatic N) is 7. The van der Waals surface area contributed by atoms with E-state index in [1.54, 1.807) is 6.33 Å². The molecule has 308 valence electrons. The predicted octanol–water partition coefficient (Wildman–Crippen LogP) is 7.93. The number of ether oxygens (including phenoxy) is 1. The van der Waals surface area contributed by atoms with E-state index in [0.717, 1.165) is 130 Å². The van der Waals surface area contributed by atoms with Crippen molar-refractivity contribution in [3.05, 3.63) is 71.2 Å². The molecular formula is C46H60N8O4. The van der Waals surface area contributed by atoms with E-state index in [4.69, 9.17) is 19.1 Å². The van der Waals surface area contributed by atoms with E-state index in [1.807, 2.05) is 52.0 Å². The molecule has 0 spiro atoms. The molecule has 2 N–H and O–H groups in total. The van der Waals surface area contributed by atoms with Crippen LogP contribution >= 0.6 is 0 Å². The maximum absolute atomic E-state index is 13.2. The number of aryl methyl sites for hydroxylation is 1. The molecule has 0 radical (unpaired) electrons. The number of para-hydroxylation sites is 1. The van der Waals surface area contributed by atoms with Gasteiger partial charge in [0, 0.05) is 81.1 Å². The van der Waals surface area contributed by atoms with Crippen LogP contribution in [0.25, 0.3) is 33.2 Å². The molecule has 6 heterocycles. The summed E-state index contributed by atoms with van der Waals surface area (Å²) in [6.45, 7) is 21.6. The fourth-order valence-corrected chi connectivity index (χ4v) is 8.87. The molecular weight excluding hydrogens is 729 g/mol. The Morgan fingerprint density at radius 3 is 2.48 bits per heavy atom. The van der Waals surface area contributed by atoms with Gasteiger partial charge in [0.1, 0.15) is 23.2 Å². The Hall–Kier alpha value is -4.78. The van der Waals surface area contributed by atoms with Crippen LogP contribution < -0.4 is 15.1 Å². The number of likely N-dealkylation sites (N-methyl/N-ethyl adjacent to an activating group) is 1. The molecule has 3 aliphatic rings. The van der Waals surface area contributed by atoms with Gasteiger partial charge in [0.05, 0.1) is 11.3 Å². The molecule has 3 aliphatic heterocycles. The highest BCUT2D eigenvalue weighted by molar-refractivity contribution is 6.05. The van der Waals surface area contributed by atoms with Gasteiger partial charge in [0.25, 0.3) is 0 Å². The number of pyridine rings is 1. The van der Waals surface area contributed by atoms with Crippen LogP contribution in [-0.2, 0) is 22.5 Å². The zero-order chi connectivity index (χ0) is 40.8. The number of rotatable bonds is 11. The molecule has 2 saturated heterocycles. The average molecular weight is 789 g/mol. The van der Waals surface area contributed by atoms with Crippen LogP contribution in [-0.4, -0.2) is 107 Å². The van der Waals surface area contributed by atoms with Crippen molar-refractivity contribution in [3.63, 3.8) is 0 Å². The maximum atomic E-state index is 13.2. The lowest BCUT2D eigenvalue weighted by Gasteiger charge is -2.41. The van der Waals surface area contributed by atoms with Crippen LogP contribution in [0.2, 0.25) is 0 Å². The standard InChI is InChI=1S/C46H60N8O4/c1-30-36(40(44(55)56)58-45(2,3)4)39(53-21-16-46(5,6)17-22-53)37(42(50-30)47-18-10-19-52-25-23-51(7)24-26-52)32-13-14-33-28-54(20-15-31(33)27-32)43-41-38(48-29-49-43)34-11-8-9-12-35(34)57-41/h8-9,11-14,27,29,40H,10,15-26,28H2,1-7H3,(H,47,50)(H,55,56)/t40-/m0/s1. The summed E-state index contributed by atoms with van der Waals surface area (Å²) < 4.78 is 12.7. The largest absolute Gasteiger partial charge is 0.479 e. The van der Waals surface area contributed by atoms with Gasteiger partial charge in [0.2, 0.25) is 0 Å². The Balaban J connectivity index is 1.19. The monoisotopic (exact) mass is 788 g/mol. The highest BCUT2D eigenvalue weighted by Crippen LogP contribution is 2.47. The lowest BCUT2D eigenvalue weighted by atomic mass is 9.81. The van der Waals surface area contributed by atoms with E-state index in [0.29, 0.717) is 23.4 Å². The third-order valence-electron chi connectivity index (χ3n) is 12.3. The number of piperazine rings is 1. The topological polar surface area (TPSA) is 123 Å². The summed E-state index contributed by atoms with van der Waals surface area (Å²) in [6, 6.07) is 14.7. The van der Waals surface area contributed by atoms with Gasteiger partial charge in [-0.15, -0.1) is 0 Å². The van der Waals surface area contributed by atoms with Crippen LogP contribution in [0.3, 0.4) is 0 Å². The normalized spacial score (nSPS) is 18.5. The number of hydrogen-bond acceptors (Lipinski definition) is 11. The second-order valence-electron chi connectivity index (χ2n) is 18.3. The van der Waals surface area contributed by atoms with Crippen LogP contribution in [0.1, 0.15) is 82.4 Å². The van der Waals surface area contributed by atoms with Crippen molar-refractivity contribution in [2.75, 3.05) is 81.1 Å². The molecule has 12 nitrogen and oxygen atoms in total. The first kappa shape index (κ1) is 40.0. The summed E-state index contributed by atoms with van der Waals surface area (Å²) in [7, 11) is 2.19. The van der Waals surface area contributed by atoms with Gasteiger partial charge in [-0.05, 0) is 101 Å². The number of aromatic nitrogens is 3. The Bertz CT molecular complexity index is 2280. The van der Waals surface area contributed by atoms with Gasteiger partial charge in [-0.1, -0.05) is 44.2 Å². The molecule has 2 aromatic carbocycles. The molecule has 0 saturated carbocycles. The van der Waals surface area contributed by atoms with Crippen molar-refractivity contribution in [2.45, 2.75) is 85.5 Å². The minimum absolute atomic E-state index is 0.201. The van der Waals surface area contributed by atoms with E-state index >= 15 is 0 Å². The van der Waals surface area contributed by atoms with Crippen LogP contribution in [0.15, 0.2) is 53.2 Å². The van der Waals surface area contributed by atoms with Crippen LogP contribution in [0.4, 0.5) is 17.3 Å². The second-order valence-corrected chi connectivity index (χ2v) is 18.3. The van der Waals surface area contributed by atoms with Crippen LogP contribution in [0.5, 0.6) is 0 Å². The molecule has 0 bridgehead atoms. The smallest absolute Gasteiger partial charge is 0.337 e. The molecule has 8 rings (SSSR count). The van der Waals surface area contributed by atoms with E-state index in [2.05, 4.69) is 69.0 Å². The molecule has 0 amide bonds. The molecule has 12 heteroatoms. The second kappa shape index (κ2) is 16.1. The zero-order valence-electron chi connectivity index (χ0n) is 35.4. The van der Waals surface area contributed by atoms with Gasteiger partial charge in [-0.2, -0.15) is 0 Å². The first-order chi connectivity index (χ1) is 27.7. The van der Waals surface area contributed by atoms with Gasteiger partial charge in [-0.3, -0.25) is 0 Å². The number of hydrogen-bond donors (Lipinski definition) is 2. The van der Waals surface area contributed by atoms with Gasteiger partial charge >= 0.3 is 5.97 Å². The van der Waals surface area contributed by atoms with Gasteiger partial charge < -0.3 is 39.2 Å². The first-order valence-corrected chi connectivity index (χ1v) is 21.1. The molecule has 5 aromatic rings. The summed E-state index contributed by atoms with van der Waals surface area (Å²) in [5, 5.41) is 15.6. The quantitative estimate of drug-likeness (QED) is 0.126. The van der Waals surface area contributed by atoms with E-state index in [9.17, 15) is 9.90 Å². The minimum atomic E-state index is -1.18. The number of carbonyl (C=O) groups is 1. The van der Waals surface area contributed by atoms with Crippen molar-refractivity contribution in [3.8, 4) is 11.1 Å². The van der Waals surface area contributed by atoms with Gasteiger partial charge in [-0.25, -0.2) is 19.7 Å². The summed E-state index contributed by atoms with van der Waals surface area (Å²) in [6.07, 6.45) is 4.24. The molecule has 1 atom stereocenters. The summed E-state index contributed by atoms with van der Waals surface area (Å²) >= 11 is 0. The lowest BCUT2D eigenvalue weighted by Crippen LogP contribution is -2.44. The van der Waals surface area contributed by atoms with Crippen molar-refractivity contribution in [1.29, 1.82) is 0 Å².